The third-order valence-corrected chi connectivity index (χ3v) is 4.49. The smallest absolute Gasteiger partial charge is 0.125 e. The van der Waals surface area contributed by atoms with Gasteiger partial charge in [-0.05, 0) is 81.9 Å². The summed E-state index contributed by atoms with van der Waals surface area (Å²) in [6.07, 6.45) is 14.0. The van der Waals surface area contributed by atoms with E-state index in [1.54, 1.807) is 0 Å². The molecule has 0 spiro atoms. The highest BCUT2D eigenvalue weighted by Gasteiger charge is 2.10. The second-order valence-corrected chi connectivity index (χ2v) is 6.42. The maximum atomic E-state index is 4.42. The van der Waals surface area contributed by atoms with Crippen LogP contribution in [0.3, 0.4) is 0 Å². The molecule has 2 aliphatic rings. The predicted molar refractivity (Wildman–Crippen MR) is 123 cm³/mol. The van der Waals surface area contributed by atoms with Gasteiger partial charge in [-0.25, -0.2) is 9.97 Å². The van der Waals surface area contributed by atoms with Crippen molar-refractivity contribution >= 4 is 0 Å². The molecule has 2 aromatic heterocycles. The van der Waals surface area contributed by atoms with Gasteiger partial charge in [0.05, 0.1) is 0 Å². The molecule has 2 heterocycles. The van der Waals surface area contributed by atoms with Crippen molar-refractivity contribution in [1.82, 2.24) is 15.0 Å². The van der Waals surface area contributed by atoms with Gasteiger partial charge in [0.15, 0.2) is 0 Å². The number of fused-ring (bicyclic) bond motifs is 2. The highest BCUT2D eigenvalue weighted by Crippen LogP contribution is 2.19. The van der Waals surface area contributed by atoms with Crippen molar-refractivity contribution in [3.63, 3.8) is 0 Å². The summed E-state index contributed by atoms with van der Waals surface area (Å²) in [5.74, 6) is 0.908. The van der Waals surface area contributed by atoms with E-state index in [0.717, 1.165) is 12.2 Å². The van der Waals surface area contributed by atoms with Crippen LogP contribution in [0.15, 0.2) is 18.5 Å². The van der Waals surface area contributed by atoms with Crippen molar-refractivity contribution in [3.8, 4) is 0 Å². The van der Waals surface area contributed by atoms with Crippen molar-refractivity contribution in [2.24, 2.45) is 0 Å². The maximum absolute atomic E-state index is 4.42. The minimum absolute atomic E-state index is 0.908. The molecule has 0 radical (unpaired) electrons. The molecule has 3 nitrogen and oxygen atoms in total. The average Bonchev–Trinajstić information content (AvgIpc) is 2.78. The molecule has 2 aliphatic carbocycles. The van der Waals surface area contributed by atoms with Crippen LogP contribution in [0.5, 0.6) is 0 Å². The lowest BCUT2D eigenvalue weighted by atomic mass is 9.95. The Balaban J connectivity index is 0.000000412. The predicted octanol–water partition coefficient (Wildman–Crippen LogP) is 7.01. The molecule has 0 N–H and O–H groups in total. The molecule has 0 saturated carbocycles. The molecule has 0 saturated heterocycles. The van der Waals surface area contributed by atoms with Crippen LogP contribution >= 0.6 is 0 Å². The minimum atomic E-state index is 0.908. The minimum Gasteiger partial charge on any atom is -0.261 e. The third-order valence-electron chi connectivity index (χ3n) is 4.49. The molecule has 28 heavy (non-hydrogen) atoms. The van der Waals surface area contributed by atoms with Gasteiger partial charge in [-0.1, -0.05) is 47.6 Å². The van der Waals surface area contributed by atoms with E-state index >= 15 is 0 Å². The van der Waals surface area contributed by atoms with Gasteiger partial charge in [-0.3, -0.25) is 4.98 Å². The Kier molecular flexibility index (Phi) is 15.2. The van der Waals surface area contributed by atoms with Crippen molar-refractivity contribution in [2.45, 2.75) is 107 Å². The van der Waals surface area contributed by atoms with Crippen LogP contribution in [-0.2, 0) is 25.7 Å². The number of aromatic nitrogens is 3. The molecule has 4 rings (SSSR count). The second kappa shape index (κ2) is 16.2. The zero-order valence-corrected chi connectivity index (χ0v) is 19.7. The summed E-state index contributed by atoms with van der Waals surface area (Å²) >= 11 is 0. The number of aryl methyl sites for hydroxylation is 6. The fraction of sp³-hybridized carbons (Fsp3) is 0.640. The van der Waals surface area contributed by atoms with Crippen LogP contribution in [-0.4, -0.2) is 15.0 Å². The monoisotopic (exact) mass is 385 g/mol. The SMILES string of the molecule is CC.CC.CC.Cc1cnc2c(c1)CCCC2.Cc1ncc2c(n1)CCCC2. The van der Waals surface area contributed by atoms with E-state index in [0.29, 0.717) is 0 Å². The molecule has 0 unspecified atom stereocenters. The van der Waals surface area contributed by atoms with Gasteiger partial charge in [0, 0.05) is 23.8 Å². The van der Waals surface area contributed by atoms with Crippen molar-refractivity contribution in [1.29, 1.82) is 0 Å². The largest absolute Gasteiger partial charge is 0.261 e. The first-order chi connectivity index (χ1) is 13.7. The lowest BCUT2D eigenvalue weighted by molar-refractivity contribution is 0.658. The standard InChI is InChI=1S/C10H13N.C9H12N2.3C2H6/c1-8-6-9-4-2-3-5-10(9)11-7-8;1-7-10-6-8-4-2-3-5-9(8)11-7;3*1-2/h6-7H,2-5H2,1H3;6H,2-5H2,1H3;3*1-2H3. The summed E-state index contributed by atoms with van der Waals surface area (Å²) in [5.41, 5.74) is 6.76. The Morgan fingerprint density at radius 2 is 1.14 bits per heavy atom. The van der Waals surface area contributed by atoms with Crippen LogP contribution < -0.4 is 0 Å². The molecule has 0 fully saturated rings. The maximum Gasteiger partial charge on any atom is 0.125 e. The van der Waals surface area contributed by atoms with Gasteiger partial charge in [0.2, 0.25) is 0 Å². The summed E-state index contributed by atoms with van der Waals surface area (Å²) in [4.78, 5) is 13.0. The fourth-order valence-corrected chi connectivity index (χ4v) is 3.28. The molecule has 0 aromatic carbocycles. The molecular weight excluding hydrogens is 342 g/mol. The van der Waals surface area contributed by atoms with Crippen molar-refractivity contribution in [3.05, 3.63) is 52.4 Å². The van der Waals surface area contributed by atoms with Gasteiger partial charge in [-0.2, -0.15) is 0 Å². The van der Waals surface area contributed by atoms with E-state index in [2.05, 4.69) is 27.9 Å². The quantitative estimate of drug-likeness (QED) is 0.489. The average molecular weight is 386 g/mol. The molecule has 3 heteroatoms. The highest BCUT2D eigenvalue weighted by molar-refractivity contribution is 5.26. The highest BCUT2D eigenvalue weighted by atomic mass is 14.9. The van der Waals surface area contributed by atoms with E-state index < -0.39 is 0 Å². The Hall–Kier alpha value is -1.77. The normalized spacial score (nSPS) is 13.3. The van der Waals surface area contributed by atoms with Crippen LogP contribution in [0, 0.1) is 13.8 Å². The van der Waals surface area contributed by atoms with E-state index in [9.17, 15) is 0 Å². The first-order valence-corrected chi connectivity index (χ1v) is 11.5. The summed E-state index contributed by atoms with van der Waals surface area (Å²) in [7, 11) is 0. The zero-order chi connectivity index (χ0) is 21.4. The number of hydrogen-bond acceptors (Lipinski definition) is 3. The number of hydrogen-bond donors (Lipinski definition) is 0. The number of nitrogens with zero attached hydrogens (tertiary/aromatic N) is 3. The lowest BCUT2D eigenvalue weighted by Gasteiger charge is -2.14. The Bertz CT molecular complexity index is 593. The Morgan fingerprint density at radius 3 is 1.79 bits per heavy atom. The zero-order valence-electron chi connectivity index (χ0n) is 19.7. The van der Waals surface area contributed by atoms with Gasteiger partial charge in [0.25, 0.3) is 0 Å². The van der Waals surface area contributed by atoms with E-state index in [1.165, 1.54) is 73.0 Å². The molecular formula is C25H43N3. The first kappa shape index (κ1) is 26.2. The van der Waals surface area contributed by atoms with Crippen LogP contribution in [0.2, 0.25) is 0 Å². The van der Waals surface area contributed by atoms with E-state index in [4.69, 9.17) is 0 Å². The molecule has 0 atom stereocenters. The summed E-state index contributed by atoms with van der Waals surface area (Å²) in [5, 5.41) is 0. The fourth-order valence-electron chi connectivity index (χ4n) is 3.28. The van der Waals surface area contributed by atoms with Gasteiger partial charge >= 0.3 is 0 Å². The van der Waals surface area contributed by atoms with Gasteiger partial charge in [-0.15, -0.1) is 0 Å². The Labute approximate surface area is 174 Å². The molecule has 2 aromatic rings. The molecule has 0 aliphatic heterocycles. The van der Waals surface area contributed by atoms with Gasteiger partial charge < -0.3 is 0 Å². The summed E-state index contributed by atoms with van der Waals surface area (Å²) in [6.45, 7) is 16.1. The third kappa shape index (κ3) is 8.95. The molecule has 158 valence electrons. The molecule has 0 bridgehead atoms. The van der Waals surface area contributed by atoms with E-state index in [1.807, 2.05) is 60.9 Å². The van der Waals surface area contributed by atoms with Gasteiger partial charge in [0.1, 0.15) is 5.82 Å². The van der Waals surface area contributed by atoms with Crippen molar-refractivity contribution in [2.75, 3.05) is 0 Å². The van der Waals surface area contributed by atoms with Crippen molar-refractivity contribution < 1.29 is 0 Å². The number of pyridine rings is 1. The van der Waals surface area contributed by atoms with Crippen LogP contribution in [0.4, 0.5) is 0 Å². The van der Waals surface area contributed by atoms with Crippen LogP contribution in [0.1, 0.15) is 101 Å². The molecule has 0 amide bonds. The summed E-state index contributed by atoms with van der Waals surface area (Å²) in [6, 6.07) is 2.28. The first-order valence-electron chi connectivity index (χ1n) is 11.5. The lowest BCUT2D eigenvalue weighted by Crippen LogP contribution is -2.07. The van der Waals surface area contributed by atoms with Crippen LogP contribution in [0.25, 0.3) is 0 Å². The van der Waals surface area contributed by atoms with E-state index in [-0.39, 0.29) is 0 Å². The second-order valence-electron chi connectivity index (χ2n) is 6.42. The summed E-state index contributed by atoms with van der Waals surface area (Å²) < 4.78 is 0. The number of rotatable bonds is 0. The Morgan fingerprint density at radius 1 is 0.607 bits per heavy atom. The topological polar surface area (TPSA) is 38.7 Å².